The van der Waals surface area contributed by atoms with Crippen LogP contribution in [0.3, 0.4) is 0 Å². The number of nitrogens with zero attached hydrogens (tertiary/aromatic N) is 3. The summed E-state index contributed by atoms with van der Waals surface area (Å²) in [6.45, 7) is -0.00664. The maximum absolute atomic E-state index is 12.7. The number of aliphatic hydroxyl groups is 4. The number of aromatic amines is 1. The third-order valence-electron chi connectivity index (χ3n) is 5.90. The number of ether oxygens (including phenoxy) is 3. The molecule has 4 rings (SSSR count). The molecule has 1 unspecified atom stereocenters. The van der Waals surface area contributed by atoms with Gasteiger partial charge in [0, 0.05) is 12.7 Å². The number of amides is 1. The summed E-state index contributed by atoms with van der Waals surface area (Å²) < 4.78 is 16.7. The van der Waals surface area contributed by atoms with Gasteiger partial charge in [-0.25, -0.2) is 4.79 Å². The Morgan fingerprint density at radius 2 is 1.92 bits per heavy atom. The molecule has 0 saturated carbocycles. The number of hydrogen-bond acceptors (Lipinski definition) is 12. The lowest BCUT2D eigenvalue weighted by Gasteiger charge is -2.40. The molecule has 1 aliphatic rings. The van der Waals surface area contributed by atoms with Crippen molar-refractivity contribution in [2.24, 2.45) is 0 Å². The molecular weight excluding hydrogens is 492 g/mol. The Labute approximate surface area is 209 Å². The Morgan fingerprint density at radius 3 is 2.59 bits per heavy atom. The number of aromatic nitrogens is 4. The maximum atomic E-state index is 12.7. The van der Waals surface area contributed by atoms with Gasteiger partial charge in [0.2, 0.25) is 0 Å². The van der Waals surface area contributed by atoms with E-state index in [2.05, 4.69) is 20.3 Å². The van der Waals surface area contributed by atoms with Crippen LogP contribution in [-0.2, 0) is 16.0 Å². The second kappa shape index (κ2) is 11.2. The lowest BCUT2D eigenvalue weighted by atomic mass is 9.96. The Bertz CT molecular complexity index is 1290. The number of nitrogens with one attached hydrogen (secondary N) is 2. The van der Waals surface area contributed by atoms with Gasteiger partial charge in [-0.15, -0.1) is 0 Å². The van der Waals surface area contributed by atoms with Gasteiger partial charge in [0.1, 0.15) is 36.5 Å². The zero-order chi connectivity index (χ0) is 26.7. The third kappa shape index (κ3) is 5.56. The normalized spacial score (nSPS) is 23.8. The van der Waals surface area contributed by atoms with Crippen LogP contribution in [0.25, 0.3) is 11.2 Å². The molecule has 1 aromatic carbocycles. The highest BCUT2D eigenvalue weighted by molar-refractivity contribution is 5.94. The fourth-order valence-corrected chi connectivity index (χ4v) is 3.89. The molecule has 8 N–H and O–H groups in total. The molecule has 200 valence electrons. The number of imidazole rings is 1. The van der Waals surface area contributed by atoms with Crippen molar-refractivity contribution in [3.05, 3.63) is 45.9 Å². The molecule has 0 aliphatic carbocycles. The molecular formula is C22H28N6O9. The fourth-order valence-electron chi connectivity index (χ4n) is 3.89. The van der Waals surface area contributed by atoms with Crippen molar-refractivity contribution in [1.29, 1.82) is 0 Å². The number of carbonyl (C=O) groups excluding carboxylic acids is 1. The summed E-state index contributed by atoms with van der Waals surface area (Å²) >= 11 is 0. The van der Waals surface area contributed by atoms with E-state index in [4.69, 9.17) is 25.1 Å². The summed E-state index contributed by atoms with van der Waals surface area (Å²) in [5, 5.41) is 41.9. The van der Waals surface area contributed by atoms with Crippen molar-refractivity contribution in [2.75, 3.05) is 32.7 Å². The van der Waals surface area contributed by atoms with Gasteiger partial charge < -0.3 is 50.7 Å². The molecule has 0 radical (unpaired) electrons. The molecule has 3 heterocycles. The average Bonchev–Trinajstić information content (AvgIpc) is 3.20. The second-order valence-corrected chi connectivity index (χ2v) is 8.37. The van der Waals surface area contributed by atoms with Crippen LogP contribution in [0.15, 0.2) is 29.1 Å². The van der Waals surface area contributed by atoms with E-state index in [1.54, 1.807) is 12.1 Å². The molecule has 1 fully saturated rings. The van der Waals surface area contributed by atoms with Gasteiger partial charge >= 0.3 is 11.7 Å². The number of anilines is 1. The number of benzene rings is 1. The SMILES string of the molecule is COCCOc1nc(N)c2[nH]c(=O)n(Cc3ccc(C(=O)N[C@H]4C(O)O[C@H](CO)[C@@H](O)[C@@H]4O)cc3)c2n1. The second-order valence-electron chi connectivity index (χ2n) is 8.37. The largest absolute Gasteiger partial charge is 0.461 e. The van der Waals surface area contributed by atoms with Crippen LogP contribution in [0.4, 0.5) is 5.82 Å². The maximum Gasteiger partial charge on any atom is 0.328 e. The van der Waals surface area contributed by atoms with Gasteiger partial charge in [0.15, 0.2) is 17.8 Å². The summed E-state index contributed by atoms with van der Waals surface area (Å²) in [5.74, 6) is -0.595. The van der Waals surface area contributed by atoms with Crippen LogP contribution in [0.5, 0.6) is 6.01 Å². The highest BCUT2D eigenvalue weighted by Gasteiger charge is 2.44. The van der Waals surface area contributed by atoms with Gasteiger partial charge in [0.05, 0.1) is 19.8 Å². The first kappa shape index (κ1) is 26.5. The molecule has 15 heteroatoms. The van der Waals surface area contributed by atoms with E-state index >= 15 is 0 Å². The number of nitrogens with two attached hydrogens (primary N) is 1. The zero-order valence-electron chi connectivity index (χ0n) is 19.8. The molecule has 1 aliphatic heterocycles. The molecule has 1 saturated heterocycles. The van der Waals surface area contributed by atoms with Crippen LogP contribution >= 0.6 is 0 Å². The molecule has 0 spiro atoms. The number of aliphatic hydroxyl groups excluding tert-OH is 4. The zero-order valence-corrected chi connectivity index (χ0v) is 19.8. The third-order valence-corrected chi connectivity index (χ3v) is 5.90. The van der Waals surface area contributed by atoms with Crippen molar-refractivity contribution in [2.45, 2.75) is 37.2 Å². The van der Waals surface area contributed by atoms with Crippen molar-refractivity contribution in [3.63, 3.8) is 0 Å². The lowest BCUT2D eigenvalue weighted by Crippen LogP contribution is -2.64. The Morgan fingerprint density at radius 1 is 1.19 bits per heavy atom. The molecule has 5 atom stereocenters. The first-order chi connectivity index (χ1) is 17.7. The summed E-state index contributed by atoms with van der Waals surface area (Å²) in [6, 6.07) is 4.88. The van der Waals surface area contributed by atoms with Crippen LogP contribution in [0, 0.1) is 0 Å². The van der Waals surface area contributed by atoms with Crippen molar-refractivity contribution in [1.82, 2.24) is 24.8 Å². The number of fused-ring (bicyclic) bond motifs is 1. The highest BCUT2D eigenvalue weighted by atomic mass is 16.6. The number of nitrogen functional groups attached to an aromatic ring is 1. The topological polar surface area (TPSA) is 227 Å². The lowest BCUT2D eigenvalue weighted by molar-refractivity contribution is -0.252. The smallest absolute Gasteiger partial charge is 0.328 e. The van der Waals surface area contributed by atoms with E-state index in [9.17, 15) is 24.9 Å². The van der Waals surface area contributed by atoms with E-state index in [0.717, 1.165) is 0 Å². The molecule has 1 amide bonds. The Hall–Kier alpha value is -3.60. The summed E-state index contributed by atoms with van der Waals surface area (Å²) in [7, 11) is 1.52. The summed E-state index contributed by atoms with van der Waals surface area (Å²) in [5.41, 5.74) is 6.83. The van der Waals surface area contributed by atoms with Gasteiger partial charge in [-0.2, -0.15) is 9.97 Å². The average molecular weight is 520 g/mol. The first-order valence-electron chi connectivity index (χ1n) is 11.3. The van der Waals surface area contributed by atoms with E-state index < -0.39 is 48.8 Å². The minimum Gasteiger partial charge on any atom is -0.461 e. The highest BCUT2D eigenvalue weighted by Crippen LogP contribution is 2.21. The van der Waals surface area contributed by atoms with Gasteiger partial charge in [0.25, 0.3) is 5.91 Å². The van der Waals surface area contributed by atoms with Crippen molar-refractivity contribution < 1.29 is 39.4 Å². The van der Waals surface area contributed by atoms with Crippen molar-refractivity contribution in [3.8, 4) is 6.01 Å². The number of carbonyl (C=O) groups is 1. The number of H-pyrrole nitrogens is 1. The number of rotatable bonds is 9. The van der Waals surface area contributed by atoms with E-state index in [-0.39, 0.29) is 41.7 Å². The van der Waals surface area contributed by atoms with E-state index in [1.165, 1.54) is 23.8 Å². The molecule has 2 aromatic heterocycles. The van der Waals surface area contributed by atoms with Crippen molar-refractivity contribution >= 4 is 22.9 Å². The number of hydrogen-bond donors (Lipinski definition) is 7. The fraction of sp³-hybridized carbons (Fsp3) is 0.455. The van der Waals surface area contributed by atoms with Gasteiger partial charge in [-0.05, 0) is 17.7 Å². The minimum atomic E-state index is -1.63. The predicted molar refractivity (Wildman–Crippen MR) is 127 cm³/mol. The molecule has 15 nitrogen and oxygen atoms in total. The van der Waals surface area contributed by atoms with Crippen LogP contribution in [0.1, 0.15) is 15.9 Å². The van der Waals surface area contributed by atoms with Crippen LogP contribution in [0.2, 0.25) is 0 Å². The van der Waals surface area contributed by atoms with Crippen LogP contribution in [-0.4, -0.2) is 103 Å². The first-order valence-corrected chi connectivity index (χ1v) is 11.3. The predicted octanol–water partition coefficient (Wildman–Crippen LogP) is -2.69. The number of methoxy groups -OCH3 is 1. The Kier molecular flexibility index (Phi) is 8.01. The Balaban J connectivity index is 1.48. The molecule has 0 bridgehead atoms. The monoisotopic (exact) mass is 520 g/mol. The van der Waals surface area contributed by atoms with Gasteiger partial charge in [-0.1, -0.05) is 12.1 Å². The minimum absolute atomic E-state index is 0.00619. The molecule has 3 aromatic rings. The standard InChI is InChI=1S/C22H28N6O9/c1-35-6-7-36-21-26-17(23)14-18(27-21)28(22(34)25-14)8-10-2-4-11(5-3-10)19(32)24-13-16(31)15(30)12(9-29)37-20(13)33/h2-5,12-13,15-16,20,29-31,33H,6-9H2,1H3,(H,24,32)(H,25,34)(H2,23,26,27)/t12-,13-,15-,16-,20?/m1/s1. The van der Waals surface area contributed by atoms with E-state index in [0.29, 0.717) is 12.2 Å². The van der Waals surface area contributed by atoms with Gasteiger partial charge in [-0.3, -0.25) is 9.36 Å². The molecule has 37 heavy (non-hydrogen) atoms. The summed E-state index contributed by atoms with van der Waals surface area (Å²) in [4.78, 5) is 36.1. The van der Waals surface area contributed by atoms with Crippen LogP contribution < -0.4 is 21.5 Å². The quantitative estimate of drug-likeness (QED) is 0.143. The summed E-state index contributed by atoms with van der Waals surface area (Å²) in [6.07, 6.45) is -5.88. The van der Waals surface area contributed by atoms with E-state index in [1.807, 2.05) is 0 Å².